The van der Waals surface area contributed by atoms with E-state index in [4.69, 9.17) is 4.74 Å². The molecule has 2 rings (SSSR count). The molecule has 0 aliphatic rings. The van der Waals surface area contributed by atoms with Gasteiger partial charge in [0.05, 0.1) is 18.2 Å². The van der Waals surface area contributed by atoms with Crippen molar-refractivity contribution in [2.45, 2.75) is 6.54 Å². The average molecular weight is 345 g/mol. The second kappa shape index (κ2) is 8.58. The zero-order chi connectivity index (χ0) is 18.2. The highest BCUT2D eigenvalue weighted by Crippen LogP contribution is 2.11. The van der Waals surface area contributed by atoms with Gasteiger partial charge in [0.1, 0.15) is 5.82 Å². The number of amides is 1. The smallest absolute Gasteiger partial charge is 0.339 e. The summed E-state index contributed by atoms with van der Waals surface area (Å²) in [5, 5.41) is 2.45. The zero-order valence-corrected chi connectivity index (χ0v) is 13.5. The van der Waals surface area contributed by atoms with E-state index in [9.17, 15) is 18.8 Å². The number of methoxy groups -OCH3 is 1. The molecule has 0 heterocycles. The van der Waals surface area contributed by atoms with Crippen molar-refractivity contribution < 1.29 is 28.2 Å². The minimum Gasteiger partial charge on any atom is -0.465 e. The van der Waals surface area contributed by atoms with Gasteiger partial charge in [-0.15, -0.1) is 0 Å². The van der Waals surface area contributed by atoms with Crippen LogP contribution in [0, 0.1) is 5.82 Å². The standard InChI is InChI=1S/C18H16FNO5/c1-24-17(22)13-7-3-4-8-14(13)18(23)25-11-16(21)20-10-12-6-2-5-9-15(12)19/h2-9H,10-11H2,1H3,(H,20,21). The van der Waals surface area contributed by atoms with E-state index in [1.54, 1.807) is 24.3 Å². The van der Waals surface area contributed by atoms with Crippen LogP contribution < -0.4 is 5.32 Å². The fraction of sp³-hybridized carbons (Fsp3) is 0.167. The minimum absolute atomic E-state index is 0.00347. The van der Waals surface area contributed by atoms with Gasteiger partial charge in [-0.2, -0.15) is 0 Å². The molecule has 0 aliphatic heterocycles. The molecule has 0 atom stereocenters. The first-order valence-electron chi connectivity index (χ1n) is 7.37. The monoisotopic (exact) mass is 345 g/mol. The Balaban J connectivity index is 1.91. The summed E-state index contributed by atoms with van der Waals surface area (Å²) in [6.07, 6.45) is 0. The van der Waals surface area contributed by atoms with E-state index in [0.717, 1.165) is 0 Å². The summed E-state index contributed by atoms with van der Waals surface area (Å²) < 4.78 is 22.9. The summed E-state index contributed by atoms with van der Waals surface area (Å²) in [4.78, 5) is 35.4. The Bertz CT molecular complexity index is 791. The lowest BCUT2D eigenvalue weighted by molar-refractivity contribution is -0.124. The molecule has 0 aliphatic carbocycles. The van der Waals surface area contributed by atoms with Crippen molar-refractivity contribution in [1.29, 1.82) is 0 Å². The number of ether oxygens (including phenoxy) is 2. The Morgan fingerprint density at radius 3 is 2.20 bits per heavy atom. The molecule has 0 radical (unpaired) electrons. The van der Waals surface area contributed by atoms with Crippen LogP contribution in [-0.2, 0) is 20.8 Å². The van der Waals surface area contributed by atoms with Gasteiger partial charge < -0.3 is 14.8 Å². The zero-order valence-electron chi connectivity index (χ0n) is 13.5. The van der Waals surface area contributed by atoms with Crippen LogP contribution in [0.3, 0.4) is 0 Å². The molecule has 25 heavy (non-hydrogen) atoms. The molecule has 7 heteroatoms. The molecule has 1 amide bonds. The predicted octanol–water partition coefficient (Wildman–Crippen LogP) is 2.09. The van der Waals surface area contributed by atoms with Crippen LogP contribution in [0.5, 0.6) is 0 Å². The minimum atomic E-state index is -0.831. The average Bonchev–Trinajstić information content (AvgIpc) is 2.64. The van der Waals surface area contributed by atoms with Crippen molar-refractivity contribution in [3.63, 3.8) is 0 Å². The van der Waals surface area contributed by atoms with Crippen molar-refractivity contribution in [2.75, 3.05) is 13.7 Å². The first kappa shape index (κ1) is 18.1. The number of rotatable bonds is 6. The lowest BCUT2D eigenvalue weighted by Gasteiger charge is -2.09. The van der Waals surface area contributed by atoms with Crippen molar-refractivity contribution in [1.82, 2.24) is 5.32 Å². The second-order valence-electron chi connectivity index (χ2n) is 4.98. The molecule has 1 N–H and O–H groups in total. The van der Waals surface area contributed by atoms with Gasteiger partial charge in [-0.05, 0) is 18.2 Å². The van der Waals surface area contributed by atoms with Gasteiger partial charge in [0.2, 0.25) is 0 Å². The fourth-order valence-corrected chi connectivity index (χ4v) is 2.04. The maximum atomic E-state index is 13.4. The number of carbonyl (C=O) groups excluding carboxylic acids is 3. The van der Waals surface area contributed by atoms with Crippen LogP contribution in [0.1, 0.15) is 26.3 Å². The quantitative estimate of drug-likeness (QED) is 0.811. The van der Waals surface area contributed by atoms with Gasteiger partial charge >= 0.3 is 11.9 Å². The van der Waals surface area contributed by atoms with Gasteiger partial charge in [-0.1, -0.05) is 30.3 Å². The highest BCUT2D eigenvalue weighted by atomic mass is 19.1. The number of nitrogens with one attached hydrogen (secondary N) is 1. The molecule has 0 unspecified atom stereocenters. The molecule has 2 aromatic carbocycles. The number of carbonyl (C=O) groups is 3. The molecule has 0 saturated heterocycles. The first-order chi connectivity index (χ1) is 12.0. The van der Waals surface area contributed by atoms with Gasteiger partial charge in [0, 0.05) is 12.1 Å². The van der Waals surface area contributed by atoms with Gasteiger partial charge in [0.15, 0.2) is 6.61 Å². The van der Waals surface area contributed by atoms with Gasteiger partial charge in [-0.3, -0.25) is 4.79 Å². The van der Waals surface area contributed by atoms with Crippen LogP contribution in [0.15, 0.2) is 48.5 Å². The molecular formula is C18H16FNO5. The summed E-state index contributed by atoms with van der Waals surface area (Å²) in [5.74, 6) is -2.54. The van der Waals surface area contributed by atoms with E-state index >= 15 is 0 Å². The maximum absolute atomic E-state index is 13.4. The maximum Gasteiger partial charge on any atom is 0.339 e. The third-order valence-electron chi connectivity index (χ3n) is 3.32. The summed E-state index contributed by atoms with van der Waals surface area (Å²) in [6.45, 7) is -0.579. The number of hydrogen-bond donors (Lipinski definition) is 1. The van der Waals surface area contributed by atoms with Crippen LogP contribution >= 0.6 is 0 Å². The van der Waals surface area contributed by atoms with Crippen molar-refractivity contribution in [3.8, 4) is 0 Å². The van der Waals surface area contributed by atoms with E-state index in [0.29, 0.717) is 5.56 Å². The fourth-order valence-electron chi connectivity index (χ4n) is 2.04. The van der Waals surface area contributed by atoms with E-state index in [1.165, 1.54) is 31.4 Å². The number of hydrogen-bond acceptors (Lipinski definition) is 5. The largest absolute Gasteiger partial charge is 0.465 e. The molecule has 0 spiro atoms. The Labute approximate surface area is 143 Å². The predicted molar refractivity (Wildman–Crippen MR) is 86.3 cm³/mol. The third kappa shape index (κ3) is 4.87. The van der Waals surface area contributed by atoms with Crippen molar-refractivity contribution in [2.24, 2.45) is 0 Å². The molecule has 0 bridgehead atoms. The Morgan fingerprint density at radius 1 is 0.960 bits per heavy atom. The molecule has 2 aromatic rings. The van der Waals surface area contributed by atoms with E-state index in [2.05, 4.69) is 10.1 Å². The molecule has 6 nitrogen and oxygen atoms in total. The molecule has 0 fully saturated rings. The van der Waals surface area contributed by atoms with Crippen LogP contribution in [0.25, 0.3) is 0 Å². The molecule has 0 aromatic heterocycles. The Morgan fingerprint density at radius 2 is 1.56 bits per heavy atom. The summed E-state index contributed by atoms with van der Waals surface area (Å²) in [7, 11) is 1.20. The molecule has 0 saturated carbocycles. The second-order valence-corrected chi connectivity index (χ2v) is 4.98. The number of benzene rings is 2. The van der Waals surface area contributed by atoms with Crippen LogP contribution in [0.2, 0.25) is 0 Å². The summed E-state index contributed by atoms with van der Waals surface area (Å²) >= 11 is 0. The van der Waals surface area contributed by atoms with Crippen LogP contribution in [-0.4, -0.2) is 31.6 Å². The summed E-state index contributed by atoms with van der Waals surface area (Å²) in [5.41, 5.74) is 0.358. The van der Waals surface area contributed by atoms with Crippen molar-refractivity contribution >= 4 is 17.8 Å². The number of esters is 2. The molecular weight excluding hydrogens is 329 g/mol. The topological polar surface area (TPSA) is 81.7 Å². The lowest BCUT2D eigenvalue weighted by Crippen LogP contribution is -2.29. The van der Waals surface area contributed by atoms with Crippen LogP contribution in [0.4, 0.5) is 4.39 Å². The van der Waals surface area contributed by atoms with Crippen molar-refractivity contribution in [3.05, 3.63) is 71.0 Å². The third-order valence-corrected chi connectivity index (χ3v) is 3.32. The van der Waals surface area contributed by atoms with E-state index in [1.807, 2.05) is 0 Å². The Kier molecular flexibility index (Phi) is 6.22. The number of halogens is 1. The normalized spacial score (nSPS) is 10.0. The van der Waals surface area contributed by atoms with E-state index in [-0.39, 0.29) is 17.7 Å². The summed E-state index contributed by atoms with van der Waals surface area (Å²) in [6, 6.07) is 12.0. The van der Waals surface area contributed by atoms with Gasteiger partial charge in [0.25, 0.3) is 5.91 Å². The first-order valence-corrected chi connectivity index (χ1v) is 7.37. The van der Waals surface area contributed by atoms with Gasteiger partial charge in [-0.25, -0.2) is 14.0 Å². The lowest BCUT2D eigenvalue weighted by atomic mass is 10.1. The highest BCUT2D eigenvalue weighted by molar-refractivity contribution is 6.03. The SMILES string of the molecule is COC(=O)c1ccccc1C(=O)OCC(=O)NCc1ccccc1F. The Hall–Kier alpha value is -3.22. The molecule has 130 valence electrons. The van der Waals surface area contributed by atoms with E-state index < -0.39 is 30.3 Å². The highest BCUT2D eigenvalue weighted by Gasteiger charge is 2.19.